The molecule has 0 saturated carbocycles. The second-order valence-corrected chi connectivity index (χ2v) is 9.22. The molecule has 188 valence electrons. The number of hydrogen-bond donors (Lipinski definition) is 2. The van der Waals surface area contributed by atoms with Gasteiger partial charge in [-0.1, -0.05) is 44.2 Å². The maximum absolute atomic E-state index is 13.1. The van der Waals surface area contributed by atoms with E-state index in [1.165, 1.54) is 0 Å². The third-order valence-corrected chi connectivity index (χ3v) is 6.15. The molecule has 0 atom stereocenters. The van der Waals surface area contributed by atoms with E-state index in [4.69, 9.17) is 15.2 Å². The zero-order valence-electron chi connectivity index (χ0n) is 19.9. The van der Waals surface area contributed by atoms with Crippen molar-refractivity contribution in [1.82, 2.24) is 9.97 Å². The van der Waals surface area contributed by atoms with Crippen molar-refractivity contribution in [1.29, 1.82) is 0 Å². The molecule has 2 heterocycles. The van der Waals surface area contributed by atoms with Gasteiger partial charge in [0.25, 0.3) is 0 Å². The van der Waals surface area contributed by atoms with Gasteiger partial charge >= 0.3 is 6.18 Å². The van der Waals surface area contributed by atoms with Crippen molar-refractivity contribution in [2.24, 2.45) is 0 Å². The molecule has 0 bridgehead atoms. The van der Waals surface area contributed by atoms with Crippen molar-refractivity contribution in [2.75, 3.05) is 18.2 Å². The molecule has 0 amide bonds. The van der Waals surface area contributed by atoms with Crippen molar-refractivity contribution in [3.8, 4) is 17.4 Å². The number of para-hydroxylation sites is 1. The molecule has 6 nitrogen and oxygen atoms in total. The number of nitrogens with one attached hydrogen (secondary N) is 1. The van der Waals surface area contributed by atoms with E-state index in [1.54, 1.807) is 13.2 Å². The number of anilines is 3. The summed E-state index contributed by atoms with van der Waals surface area (Å²) in [5.41, 5.74) is 8.47. The number of nitrogens with zero attached hydrogens (tertiary/aromatic N) is 2. The Labute approximate surface area is 210 Å². The topological polar surface area (TPSA) is 82.3 Å². The van der Waals surface area contributed by atoms with E-state index >= 15 is 0 Å². The van der Waals surface area contributed by atoms with Crippen LogP contribution in [0.1, 0.15) is 42.3 Å². The molecule has 36 heavy (non-hydrogen) atoms. The molecule has 0 aliphatic carbocycles. The maximum atomic E-state index is 13.1. The van der Waals surface area contributed by atoms with E-state index in [1.807, 2.05) is 62.4 Å². The first-order valence-electron chi connectivity index (χ1n) is 11.1. The third kappa shape index (κ3) is 5.88. The lowest BCUT2D eigenvalue weighted by Crippen LogP contribution is -2.07. The molecular formula is C26H25F3N4O2S. The SMILES string of the molecule is COc1ccc(Cc2cc(N)c(Nc3nc(C(F)(F)F)cs3)c(Oc3ccccc3C(C)C)n2)cc1. The fourth-order valence-corrected chi connectivity index (χ4v) is 4.28. The Balaban J connectivity index is 1.72. The number of rotatable bonds is 8. The molecule has 10 heteroatoms. The summed E-state index contributed by atoms with van der Waals surface area (Å²) >= 11 is 0.820. The standard InChI is InChI=1S/C26H25F3N4O2S/c1-15(2)19-6-4-5-7-21(19)35-24-23(33-25-32-22(14-36-25)26(27,28)29)20(30)13-17(31-24)12-16-8-10-18(34-3)11-9-16/h4-11,13-15H,12H2,1-3H3,(H2,30,31)(H,32,33). The van der Waals surface area contributed by atoms with Crippen LogP contribution in [0.4, 0.5) is 29.7 Å². The lowest BCUT2D eigenvalue weighted by Gasteiger charge is -2.18. The van der Waals surface area contributed by atoms with Crippen LogP contribution in [0.15, 0.2) is 60.0 Å². The van der Waals surface area contributed by atoms with Crippen LogP contribution in [-0.2, 0) is 12.6 Å². The molecule has 2 aromatic heterocycles. The second kappa shape index (κ2) is 10.4. The predicted molar refractivity (Wildman–Crippen MR) is 135 cm³/mol. The van der Waals surface area contributed by atoms with E-state index in [0.29, 0.717) is 17.9 Å². The summed E-state index contributed by atoms with van der Waals surface area (Å²) in [7, 11) is 1.60. The molecule has 0 spiro atoms. The molecule has 0 radical (unpaired) electrons. The van der Waals surface area contributed by atoms with Crippen LogP contribution in [0.25, 0.3) is 0 Å². The monoisotopic (exact) mass is 514 g/mol. The predicted octanol–water partition coefficient (Wildman–Crippen LogP) is 7.40. The van der Waals surface area contributed by atoms with Gasteiger partial charge in [0.15, 0.2) is 10.8 Å². The minimum atomic E-state index is -4.54. The number of ether oxygens (including phenoxy) is 2. The zero-order valence-corrected chi connectivity index (χ0v) is 20.7. The Morgan fingerprint density at radius 3 is 2.42 bits per heavy atom. The van der Waals surface area contributed by atoms with Crippen molar-refractivity contribution >= 4 is 27.8 Å². The summed E-state index contributed by atoms with van der Waals surface area (Å²) in [5.74, 6) is 1.64. The normalized spacial score (nSPS) is 11.5. The number of pyridine rings is 1. The van der Waals surface area contributed by atoms with Crippen molar-refractivity contribution < 1.29 is 22.6 Å². The highest BCUT2D eigenvalue weighted by molar-refractivity contribution is 7.13. The number of nitrogen functional groups attached to an aromatic ring is 1. The van der Waals surface area contributed by atoms with Gasteiger partial charge in [-0.3, -0.25) is 0 Å². The van der Waals surface area contributed by atoms with Crippen LogP contribution >= 0.6 is 11.3 Å². The summed E-state index contributed by atoms with van der Waals surface area (Å²) in [6.07, 6.45) is -4.08. The van der Waals surface area contributed by atoms with Crippen LogP contribution in [0.5, 0.6) is 17.4 Å². The lowest BCUT2D eigenvalue weighted by molar-refractivity contribution is -0.140. The Morgan fingerprint density at radius 1 is 1.06 bits per heavy atom. The van der Waals surface area contributed by atoms with Crippen LogP contribution < -0.4 is 20.5 Å². The van der Waals surface area contributed by atoms with Gasteiger partial charge in [0.05, 0.1) is 18.5 Å². The fraction of sp³-hybridized carbons (Fsp3) is 0.231. The first-order chi connectivity index (χ1) is 17.1. The third-order valence-electron chi connectivity index (χ3n) is 5.39. The largest absolute Gasteiger partial charge is 0.497 e. The van der Waals surface area contributed by atoms with Crippen LogP contribution in [-0.4, -0.2) is 17.1 Å². The maximum Gasteiger partial charge on any atom is 0.434 e. The van der Waals surface area contributed by atoms with E-state index in [-0.39, 0.29) is 28.3 Å². The molecule has 0 fully saturated rings. The van der Waals surface area contributed by atoms with Gasteiger partial charge in [-0.2, -0.15) is 13.2 Å². The van der Waals surface area contributed by atoms with Crippen molar-refractivity contribution in [3.63, 3.8) is 0 Å². The Hall–Kier alpha value is -3.79. The van der Waals surface area contributed by atoms with Gasteiger partial charge in [-0.15, -0.1) is 11.3 Å². The number of aromatic nitrogens is 2. The molecule has 3 N–H and O–H groups in total. The van der Waals surface area contributed by atoms with E-state index in [2.05, 4.69) is 15.3 Å². The molecule has 2 aromatic carbocycles. The Morgan fingerprint density at radius 2 is 1.78 bits per heavy atom. The molecule has 0 aliphatic rings. The average Bonchev–Trinajstić information content (AvgIpc) is 3.31. The van der Waals surface area contributed by atoms with Gasteiger partial charge in [-0.05, 0) is 41.3 Å². The van der Waals surface area contributed by atoms with Gasteiger partial charge in [-0.25, -0.2) is 9.97 Å². The first-order valence-corrected chi connectivity index (χ1v) is 12.0. The van der Waals surface area contributed by atoms with E-state index in [0.717, 1.165) is 33.6 Å². The molecule has 0 saturated heterocycles. The van der Waals surface area contributed by atoms with Crippen molar-refractivity contribution in [3.05, 3.63) is 82.5 Å². The molecule has 0 aliphatic heterocycles. The van der Waals surface area contributed by atoms with Gasteiger partial charge in [0, 0.05) is 11.8 Å². The highest BCUT2D eigenvalue weighted by Crippen LogP contribution is 2.40. The molecule has 0 unspecified atom stereocenters. The first kappa shape index (κ1) is 25.3. The van der Waals surface area contributed by atoms with Crippen LogP contribution in [0.3, 0.4) is 0 Å². The highest BCUT2D eigenvalue weighted by Gasteiger charge is 2.34. The highest BCUT2D eigenvalue weighted by atomic mass is 32.1. The van der Waals surface area contributed by atoms with Gasteiger partial charge in [0.1, 0.15) is 17.2 Å². The van der Waals surface area contributed by atoms with Crippen LogP contribution in [0.2, 0.25) is 0 Å². The number of nitrogens with two attached hydrogens (primary N) is 1. The number of hydrogen-bond acceptors (Lipinski definition) is 7. The van der Waals surface area contributed by atoms with Gasteiger partial charge in [0.2, 0.25) is 5.88 Å². The summed E-state index contributed by atoms with van der Waals surface area (Å²) in [5, 5.41) is 3.86. The molecular weight excluding hydrogens is 489 g/mol. The number of benzene rings is 2. The number of halogens is 3. The Bertz CT molecular complexity index is 1340. The average molecular weight is 515 g/mol. The fourth-order valence-electron chi connectivity index (χ4n) is 3.56. The summed E-state index contributed by atoms with van der Waals surface area (Å²) in [6, 6.07) is 16.7. The smallest absolute Gasteiger partial charge is 0.434 e. The summed E-state index contributed by atoms with van der Waals surface area (Å²) < 4.78 is 50.6. The van der Waals surface area contributed by atoms with Crippen molar-refractivity contribution in [2.45, 2.75) is 32.4 Å². The summed E-state index contributed by atoms with van der Waals surface area (Å²) in [6.45, 7) is 4.08. The number of methoxy groups -OCH3 is 1. The molecule has 4 aromatic rings. The minimum Gasteiger partial charge on any atom is -0.497 e. The molecule has 4 rings (SSSR count). The minimum absolute atomic E-state index is 0.0284. The zero-order chi connectivity index (χ0) is 25.9. The van der Waals surface area contributed by atoms with Crippen LogP contribution in [0, 0.1) is 0 Å². The van der Waals surface area contributed by atoms with Gasteiger partial charge < -0.3 is 20.5 Å². The van der Waals surface area contributed by atoms with E-state index < -0.39 is 11.9 Å². The number of thiazole rings is 1. The second-order valence-electron chi connectivity index (χ2n) is 8.36. The summed E-state index contributed by atoms with van der Waals surface area (Å²) in [4.78, 5) is 8.33. The lowest BCUT2D eigenvalue weighted by atomic mass is 10.0. The number of alkyl halides is 3. The van der Waals surface area contributed by atoms with E-state index in [9.17, 15) is 13.2 Å². The quantitative estimate of drug-likeness (QED) is 0.255. The Kier molecular flexibility index (Phi) is 7.35.